The van der Waals surface area contributed by atoms with Gasteiger partial charge in [-0.05, 0) is 68.3 Å². The number of rotatable bonds is 3. The molecule has 0 saturated carbocycles. The van der Waals surface area contributed by atoms with Crippen molar-refractivity contribution in [1.82, 2.24) is 0 Å². The van der Waals surface area contributed by atoms with Gasteiger partial charge in [0.1, 0.15) is 0 Å². The minimum atomic E-state index is 0.0907. The van der Waals surface area contributed by atoms with E-state index in [0.717, 1.165) is 16.9 Å². The lowest BCUT2D eigenvalue weighted by Gasteiger charge is -2.09. The second kappa shape index (κ2) is 5.05. The number of hydrogen-bond donors (Lipinski definition) is 1. The van der Waals surface area contributed by atoms with Crippen molar-refractivity contribution in [3.05, 3.63) is 59.2 Å². The summed E-state index contributed by atoms with van der Waals surface area (Å²) in [6, 6.07) is 13.9. The number of benzene rings is 2. The number of nitrogens with one attached hydrogen (secondary N) is 1. The van der Waals surface area contributed by atoms with Gasteiger partial charge >= 0.3 is 0 Å². The fraction of sp³-hybridized carbons (Fsp3) is 0.188. The molecule has 18 heavy (non-hydrogen) atoms. The van der Waals surface area contributed by atoms with E-state index < -0.39 is 0 Å². The summed E-state index contributed by atoms with van der Waals surface area (Å²) in [5.41, 5.74) is 5.27. The Labute approximate surface area is 108 Å². The molecule has 0 aliphatic carbocycles. The SMILES string of the molecule is CC(=O)c1ccc(Nc2cc(C)cc(C)c2)cc1. The fourth-order valence-electron chi connectivity index (χ4n) is 2.00. The van der Waals surface area contributed by atoms with Gasteiger partial charge in [0.2, 0.25) is 0 Å². The molecule has 92 valence electrons. The molecule has 0 heterocycles. The molecule has 0 amide bonds. The number of anilines is 2. The summed E-state index contributed by atoms with van der Waals surface area (Å²) in [4.78, 5) is 11.2. The average Bonchev–Trinajstić information content (AvgIpc) is 2.28. The number of Topliss-reactive ketones (excluding diaryl/α,β-unsaturated/α-hetero) is 1. The molecule has 1 N–H and O–H groups in total. The monoisotopic (exact) mass is 239 g/mol. The molecule has 0 aromatic heterocycles. The van der Waals surface area contributed by atoms with Crippen molar-refractivity contribution >= 4 is 17.2 Å². The van der Waals surface area contributed by atoms with Gasteiger partial charge in [0.05, 0.1) is 0 Å². The first-order chi connectivity index (χ1) is 8.54. The van der Waals surface area contributed by atoms with E-state index in [1.54, 1.807) is 6.92 Å². The molecule has 0 spiro atoms. The van der Waals surface area contributed by atoms with Crippen LogP contribution in [0.25, 0.3) is 0 Å². The lowest BCUT2D eigenvalue weighted by atomic mass is 10.1. The zero-order valence-electron chi connectivity index (χ0n) is 10.9. The third kappa shape index (κ3) is 2.98. The van der Waals surface area contributed by atoms with Crippen LogP contribution in [0.1, 0.15) is 28.4 Å². The lowest BCUT2D eigenvalue weighted by Crippen LogP contribution is -1.94. The van der Waals surface area contributed by atoms with Crippen LogP contribution in [-0.4, -0.2) is 5.78 Å². The Morgan fingerprint density at radius 2 is 1.44 bits per heavy atom. The van der Waals surface area contributed by atoms with Crippen LogP contribution < -0.4 is 5.32 Å². The molecule has 0 saturated heterocycles. The number of carbonyl (C=O) groups excluding carboxylic acids is 1. The maximum absolute atomic E-state index is 11.2. The number of aryl methyl sites for hydroxylation is 2. The molecule has 0 fully saturated rings. The van der Waals surface area contributed by atoms with E-state index >= 15 is 0 Å². The van der Waals surface area contributed by atoms with Gasteiger partial charge in [-0.3, -0.25) is 4.79 Å². The molecule has 0 unspecified atom stereocenters. The van der Waals surface area contributed by atoms with Gasteiger partial charge in [-0.25, -0.2) is 0 Å². The summed E-state index contributed by atoms with van der Waals surface area (Å²) in [6.45, 7) is 5.74. The standard InChI is InChI=1S/C16H17NO/c1-11-8-12(2)10-16(9-11)17-15-6-4-14(5-7-15)13(3)18/h4-10,17H,1-3H3. The highest BCUT2D eigenvalue weighted by molar-refractivity contribution is 5.94. The van der Waals surface area contributed by atoms with Crippen LogP contribution >= 0.6 is 0 Å². The maximum atomic E-state index is 11.2. The van der Waals surface area contributed by atoms with Gasteiger partial charge in [-0.2, -0.15) is 0 Å². The molecule has 0 bridgehead atoms. The normalized spacial score (nSPS) is 10.2. The smallest absolute Gasteiger partial charge is 0.159 e. The van der Waals surface area contributed by atoms with Crippen LogP contribution in [0.5, 0.6) is 0 Å². The van der Waals surface area contributed by atoms with Crippen molar-refractivity contribution in [2.45, 2.75) is 20.8 Å². The second-order valence-corrected chi connectivity index (χ2v) is 4.63. The Hall–Kier alpha value is -2.09. The summed E-state index contributed by atoms with van der Waals surface area (Å²) in [7, 11) is 0. The molecule has 0 aliphatic heterocycles. The molecular formula is C16H17NO. The van der Waals surface area contributed by atoms with E-state index in [1.807, 2.05) is 24.3 Å². The summed E-state index contributed by atoms with van der Waals surface area (Å²) >= 11 is 0. The van der Waals surface area contributed by atoms with Gasteiger partial charge in [0.25, 0.3) is 0 Å². The summed E-state index contributed by atoms with van der Waals surface area (Å²) in [5.74, 6) is 0.0907. The van der Waals surface area contributed by atoms with Crippen molar-refractivity contribution in [3.8, 4) is 0 Å². The minimum Gasteiger partial charge on any atom is -0.356 e. The molecule has 0 aliphatic rings. The third-order valence-electron chi connectivity index (χ3n) is 2.80. The predicted molar refractivity (Wildman–Crippen MR) is 75.6 cm³/mol. The zero-order chi connectivity index (χ0) is 13.1. The van der Waals surface area contributed by atoms with E-state index in [0.29, 0.717) is 0 Å². The van der Waals surface area contributed by atoms with Gasteiger partial charge in [-0.1, -0.05) is 6.07 Å². The van der Waals surface area contributed by atoms with Crippen molar-refractivity contribution in [3.63, 3.8) is 0 Å². The molecule has 2 heteroatoms. The first-order valence-electron chi connectivity index (χ1n) is 6.01. The van der Waals surface area contributed by atoms with Gasteiger partial charge in [-0.15, -0.1) is 0 Å². The quantitative estimate of drug-likeness (QED) is 0.811. The minimum absolute atomic E-state index is 0.0907. The molecular weight excluding hydrogens is 222 g/mol. The number of carbonyl (C=O) groups is 1. The third-order valence-corrected chi connectivity index (χ3v) is 2.80. The fourth-order valence-corrected chi connectivity index (χ4v) is 2.00. The Morgan fingerprint density at radius 1 is 0.889 bits per heavy atom. The molecule has 2 nitrogen and oxygen atoms in total. The summed E-state index contributed by atoms with van der Waals surface area (Å²) < 4.78 is 0. The predicted octanol–water partition coefficient (Wildman–Crippen LogP) is 4.25. The Bertz CT molecular complexity index is 550. The summed E-state index contributed by atoms with van der Waals surface area (Å²) in [6.07, 6.45) is 0. The lowest BCUT2D eigenvalue weighted by molar-refractivity contribution is 0.101. The highest BCUT2D eigenvalue weighted by atomic mass is 16.1. The first kappa shape index (κ1) is 12.4. The molecule has 0 atom stereocenters. The van der Waals surface area contributed by atoms with E-state index in [2.05, 4.69) is 37.4 Å². The van der Waals surface area contributed by atoms with Crippen molar-refractivity contribution < 1.29 is 4.79 Å². The van der Waals surface area contributed by atoms with Gasteiger partial charge in [0.15, 0.2) is 5.78 Å². The van der Waals surface area contributed by atoms with E-state index in [-0.39, 0.29) is 5.78 Å². The Morgan fingerprint density at radius 3 is 1.94 bits per heavy atom. The highest BCUT2D eigenvalue weighted by Crippen LogP contribution is 2.20. The maximum Gasteiger partial charge on any atom is 0.159 e. The van der Waals surface area contributed by atoms with Crippen LogP contribution in [0.3, 0.4) is 0 Å². The Balaban J connectivity index is 2.20. The average molecular weight is 239 g/mol. The van der Waals surface area contributed by atoms with Crippen LogP contribution in [-0.2, 0) is 0 Å². The van der Waals surface area contributed by atoms with Crippen molar-refractivity contribution in [1.29, 1.82) is 0 Å². The van der Waals surface area contributed by atoms with E-state index in [4.69, 9.17) is 0 Å². The van der Waals surface area contributed by atoms with E-state index in [1.165, 1.54) is 11.1 Å². The summed E-state index contributed by atoms with van der Waals surface area (Å²) in [5, 5.41) is 3.34. The van der Waals surface area contributed by atoms with E-state index in [9.17, 15) is 4.79 Å². The zero-order valence-corrected chi connectivity index (χ0v) is 10.9. The largest absolute Gasteiger partial charge is 0.356 e. The second-order valence-electron chi connectivity index (χ2n) is 4.63. The van der Waals surface area contributed by atoms with Gasteiger partial charge in [0, 0.05) is 16.9 Å². The van der Waals surface area contributed by atoms with Crippen LogP contribution in [0.4, 0.5) is 11.4 Å². The van der Waals surface area contributed by atoms with Crippen LogP contribution in [0.15, 0.2) is 42.5 Å². The number of hydrogen-bond acceptors (Lipinski definition) is 2. The van der Waals surface area contributed by atoms with Crippen LogP contribution in [0, 0.1) is 13.8 Å². The topological polar surface area (TPSA) is 29.1 Å². The molecule has 2 rings (SSSR count). The molecule has 2 aromatic rings. The van der Waals surface area contributed by atoms with Crippen molar-refractivity contribution in [2.24, 2.45) is 0 Å². The first-order valence-corrected chi connectivity index (χ1v) is 6.01. The highest BCUT2D eigenvalue weighted by Gasteiger charge is 2.00. The van der Waals surface area contributed by atoms with Crippen molar-refractivity contribution in [2.75, 3.05) is 5.32 Å². The van der Waals surface area contributed by atoms with Crippen LogP contribution in [0.2, 0.25) is 0 Å². The number of ketones is 1. The van der Waals surface area contributed by atoms with Gasteiger partial charge < -0.3 is 5.32 Å². The molecule has 2 aromatic carbocycles. The Kier molecular flexibility index (Phi) is 3.47. The molecule has 0 radical (unpaired) electrons.